The van der Waals surface area contributed by atoms with Crippen molar-refractivity contribution in [2.24, 2.45) is 7.05 Å². The first-order valence-corrected chi connectivity index (χ1v) is 12.6. The predicted octanol–water partition coefficient (Wildman–Crippen LogP) is 1.78. The second kappa shape index (κ2) is 8.46. The Morgan fingerprint density at radius 1 is 1.00 bits per heavy atom. The summed E-state index contributed by atoms with van der Waals surface area (Å²) in [7, 11) is -4.63. The SMILES string of the molecule is COc1ccc(Cl)cc1S(=O)(=O)N1CCCN(S(=O)(=O)c2c(C)nn(C)c2C)CC1. The molecule has 2 aromatic rings. The molecule has 9 nitrogen and oxygen atoms in total. The number of ether oxygens (including phenoxy) is 1. The number of aromatic nitrogens is 2. The first-order valence-electron chi connectivity index (χ1n) is 9.34. The summed E-state index contributed by atoms with van der Waals surface area (Å²) < 4.78 is 62.2. The van der Waals surface area contributed by atoms with E-state index in [-0.39, 0.29) is 46.7 Å². The molecule has 1 aromatic heterocycles. The minimum atomic E-state index is -3.91. The number of hydrogen-bond donors (Lipinski definition) is 0. The fraction of sp³-hybridized carbons (Fsp3) is 0.500. The molecule has 1 aliphatic heterocycles. The van der Waals surface area contributed by atoms with Crippen LogP contribution in [0.2, 0.25) is 5.02 Å². The van der Waals surface area contributed by atoms with Gasteiger partial charge in [-0.2, -0.15) is 13.7 Å². The van der Waals surface area contributed by atoms with Crippen LogP contribution in [0.3, 0.4) is 0 Å². The molecular weight excluding hydrogens is 452 g/mol. The highest BCUT2D eigenvalue weighted by atomic mass is 35.5. The van der Waals surface area contributed by atoms with Gasteiger partial charge in [-0.15, -0.1) is 0 Å². The summed E-state index contributed by atoms with van der Waals surface area (Å²) >= 11 is 6.00. The third-order valence-electron chi connectivity index (χ3n) is 5.20. The van der Waals surface area contributed by atoms with Crippen LogP contribution < -0.4 is 4.74 Å². The molecule has 2 heterocycles. The third-order valence-corrected chi connectivity index (χ3v) is 9.50. The topological polar surface area (TPSA) is 102 Å². The van der Waals surface area contributed by atoms with E-state index in [0.29, 0.717) is 17.8 Å². The van der Waals surface area contributed by atoms with Gasteiger partial charge in [-0.05, 0) is 38.5 Å². The molecule has 0 atom stereocenters. The highest BCUT2D eigenvalue weighted by molar-refractivity contribution is 7.89. The number of sulfonamides is 2. The van der Waals surface area contributed by atoms with Gasteiger partial charge in [0, 0.05) is 38.2 Å². The van der Waals surface area contributed by atoms with Gasteiger partial charge in [-0.3, -0.25) is 4.68 Å². The highest BCUT2D eigenvalue weighted by Gasteiger charge is 2.35. The van der Waals surface area contributed by atoms with E-state index in [9.17, 15) is 16.8 Å². The summed E-state index contributed by atoms with van der Waals surface area (Å²) in [6.07, 6.45) is 0.361. The predicted molar refractivity (Wildman–Crippen MR) is 113 cm³/mol. The van der Waals surface area contributed by atoms with Gasteiger partial charge in [0.2, 0.25) is 20.0 Å². The van der Waals surface area contributed by atoms with Gasteiger partial charge >= 0.3 is 0 Å². The summed E-state index contributed by atoms with van der Waals surface area (Å²) in [6, 6.07) is 4.39. The smallest absolute Gasteiger partial charge is 0.246 e. The van der Waals surface area contributed by atoms with E-state index in [2.05, 4.69) is 5.10 Å². The van der Waals surface area contributed by atoms with Crippen molar-refractivity contribution in [2.45, 2.75) is 30.1 Å². The Hall–Kier alpha value is -1.66. The Bertz CT molecular complexity index is 1160. The van der Waals surface area contributed by atoms with Gasteiger partial charge in [-0.1, -0.05) is 11.6 Å². The van der Waals surface area contributed by atoms with Crippen LogP contribution in [-0.4, -0.2) is 68.5 Å². The standard InChI is InChI=1S/C18H25ClN4O5S2/c1-13-18(14(2)21(3)20-13)30(26,27)23-9-5-8-22(10-11-23)29(24,25)17-12-15(19)6-7-16(17)28-4/h6-7,12H,5,8-11H2,1-4H3. The lowest BCUT2D eigenvalue weighted by Gasteiger charge is -2.22. The van der Waals surface area contributed by atoms with Crippen molar-refractivity contribution >= 4 is 31.6 Å². The molecule has 0 unspecified atom stereocenters. The number of rotatable bonds is 5. The van der Waals surface area contributed by atoms with E-state index >= 15 is 0 Å². The molecule has 12 heteroatoms. The average molecular weight is 477 g/mol. The minimum absolute atomic E-state index is 0.0234. The van der Waals surface area contributed by atoms with Crippen molar-refractivity contribution in [2.75, 3.05) is 33.3 Å². The monoisotopic (exact) mass is 476 g/mol. The van der Waals surface area contributed by atoms with Gasteiger partial charge in [0.25, 0.3) is 0 Å². The van der Waals surface area contributed by atoms with Crippen LogP contribution in [0.1, 0.15) is 17.8 Å². The number of aryl methyl sites for hydroxylation is 2. The molecule has 0 saturated carbocycles. The quantitative estimate of drug-likeness (QED) is 0.651. The van der Waals surface area contributed by atoms with E-state index in [0.717, 1.165) is 0 Å². The van der Waals surface area contributed by atoms with Crippen molar-refractivity contribution in [1.29, 1.82) is 0 Å². The van der Waals surface area contributed by atoms with Crippen LogP contribution in [0.4, 0.5) is 0 Å². The Kier molecular flexibility index (Phi) is 6.49. The number of nitrogens with zero attached hydrogens (tertiary/aromatic N) is 4. The molecule has 0 aliphatic carbocycles. The largest absolute Gasteiger partial charge is 0.495 e. The Morgan fingerprint density at radius 2 is 1.60 bits per heavy atom. The van der Waals surface area contributed by atoms with Gasteiger partial charge < -0.3 is 4.74 Å². The number of benzene rings is 1. The molecule has 1 aromatic carbocycles. The van der Waals surface area contributed by atoms with E-state index in [1.807, 2.05) is 0 Å². The Balaban J connectivity index is 1.89. The van der Waals surface area contributed by atoms with E-state index in [1.54, 1.807) is 27.0 Å². The molecule has 1 aliphatic rings. The summed E-state index contributed by atoms with van der Waals surface area (Å²) in [5.74, 6) is 0.190. The maximum atomic E-state index is 13.2. The molecule has 1 saturated heterocycles. The molecular formula is C18H25ClN4O5S2. The lowest BCUT2D eigenvalue weighted by Crippen LogP contribution is -2.37. The fourth-order valence-electron chi connectivity index (χ4n) is 3.60. The fourth-order valence-corrected chi connectivity index (χ4v) is 7.36. The Morgan fingerprint density at radius 3 is 2.13 bits per heavy atom. The molecule has 0 spiro atoms. The number of halogens is 1. The van der Waals surface area contributed by atoms with E-state index in [1.165, 1.54) is 32.5 Å². The van der Waals surface area contributed by atoms with Crippen molar-refractivity contribution < 1.29 is 21.6 Å². The van der Waals surface area contributed by atoms with Crippen LogP contribution in [0.25, 0.3) is 0 Å². The second-order valence-electron chi connectivity index (χ2n) is 7.08. The van der Waals surface area contributed by atoms with Crippen molar-refractivity contribution in [1.82, 2.24) is 18.4 Å². The van der Waals surface area contributed by atoms with Gasteiger partial charge in [0.1, 0.15) is 15.5 Å². The van der Waals surface area contributed by atoms with Gasteiger partial charge in [0.05, 0.1) is 18.5 Å². The zero-order valence-electron chi connectivity index (χ0n) is 17.3. The zero-order chi connectivity index (χ0) is 22.3. The van der Waals surface area contributed by atoms with Crippen LogP contribution in [0, 0.1) is 13.8 Å². The molecule has 1 fully saturated rings. The van der Waals surface area contributed by atoms with E-state index in [4.69, 9.17) is 16.3 Å². The van der Waals surface area contributed by atoms with Crippen LogP contribution >= 0.6 is 11.6 Å². The van der Waals surface area contributed by atoms with Gasteiger partial charge in [0.15, 0.2) is 0 Å². The molecule has 0 bridgehead atoms. The lowest BCUT2D eigenvalue weighted by atomic mass is 10.3. The lowest BCUT2D eigenvalue weighted by molar-refractivity contribution is 0.388. The first kappa shape index (κ1) is 23.0. The van der Waals surface area contributed by atoms with Crippen molar-refractivity contribution in [3.63, 3.8) is 0 Å². The van der Waals surface area contributed by atoms with Crippen molar-refractivity contribution in [3.05, 3.63) is 34.6 Å². The average Bonchev–Trinajstić information content (AvgIpc) is 2.86. The van der Waals surface area contributed by atoms with Crippen molar-refractivity contribution in [3.8, 4) is 5.75 Å². The molecule has 30 heavy (non-hydrogen) atoms. The maximum absolute atomic E-state index is 13.2. The minimum Gasteiger partial charge on any atom is -0.495 e. The van der Waals surface area contributed by atoms with Crippen LogP contribution in [0.15, 0.2) is 28.0 Å². The molecule has 0 N–H and O–H groups in total. The molecule has 0 amide bonds. The maximum Gasteiger partial charge on any atom is 0.246 e. The van der Waals surface area contributed by atoms with Gasteiger partial charge in [-0.25, -0.2) is 16.8 Å². The van der Waals surface area contributed by atoms with Crippen LogP contribution in [-0.2, 0) is 27.1 Å². The molecule has 166 valence electrons. The highest BCUT2D eigenvalue weighted by Crippen LogP contribution is 2.31. The normalized spacial score (nSPS) is 17.1. The second-order valence-corrected chi connectivity index (χ2v) is 11.3. The summed E-state index contributed by atoms with van der Waals surface area (Å²) in [5, 5.41) is 4.47. The third kappa shape index (κ3) is 4.09. The zero-order valence-corrected chi connectivity index (χ0v) is 19.7. The Labute approximate surface area is 182 Å². The molecule has 0 radical (unpaired) electrons. The number of methoxy groups -OCH3 is 1. The van der Waals surface area contributed by atoms with Crippen LogP contribution in [0.5, 0.6) is 5.75 Å². The first-order chi connectivity index (χ1) is 14.0. The summed E-state index contributed by atoms with van der Waals surface area (Å²) in [4.78, 5) is 0.144. The summed E-state index contributed by atoms with van der Waals surface area (Å²) in [5.41, 5.74) is 0.970. The molecule has 3 rings (SSSR count). The number of hydrogen-bond acceptors (Lipinski definition) is 6. The van der Waals surface area contributed by atoms with E-state index < -0.39 is 20.0 Å². The summed E-state index contributed by atoms with van der Waals surface area (Å²) in [6.45, 7) is 3.82.